The zero-order valence-corrected chi connectivity index (χ0v) is 10.1. The van der Waals surface area contributed by atoms with E-state index in [4.69, 9.17) is 9.46 Å². The SMILES string of the molecule is C[Si](C)(C)OOCCc1ccccc1. The van der Waals surface area contributed by atoms with Crippen LogP contribution >= 0.6 is 0 Å². The van der Waals surface area contributed by atoms with Gasteiger partial charge in [0.05, 0.1) is 6.61 Å². The maximum absolute atomic E-state index is 5.29. The van der Waals surface area contributed by atoms with Crippen LogP contribution in [-0.4, -0.2) is 14.9 Å². The average Bonchev–Trinajstić information content (AvgIpc) is 2.13. The number of benzene rings is 1. The summed E-state index contributed by atoms with van der Waals surface area (Å²) in [5, 5.41) is 0. The maximum Gasteiger partial charge on any atom is 0.230 e. The van der Waals surface area contributed by atoms with Gasteiger partial charge in [0.15, 0.2) is 0 Å². The molecule has 0 amide bonds. The van der Waals surface area contributed by atoms with E-state index in [0.717, 1.165) is 6.42 Å². The number of hydrogen-bond acceptors (Lipinski definition) is 2. The molecule has 0 fully saturated rings. The summed E-state index contributed by atoms with van der Waals surface area (Å²) in [5.41, 5.74) is 1.28. The van der Waals surface area contributed by atoms with E-state index in [-0.39, 0.29) is 0 Å². The third-order valence-corrected chi connectivity index (χ3v) is 2.24. The zero-order chi connectivity index (χ0) is 10.4. The third-order valence-electron chi connectivity index (χ3n) is 1.63. The van der Waals surface area contributed by atoms with Crippen LogP contribution in [0.15, 0.2) is 30.3 Å². The summed E-state index contributed by atoms with van der Waals surface area (Å²) in [6, 6.07) is 10.3. The quantitative estimate of drug-likeness (QED) is 0.322. The van der Waals surface area contributed by atoms with E-state index in [2.05, 4.69) is 31.8 Å². The molecular formula is C11H18O2Si. The van der Waals surface area contributed by atoms with Crippen molar-refractivity contribution in [3.8, 4) is 0 Å². The number of hydrogen-bond donors (Lipinski definition) is 0. The van der Waals surface area contributed by atoms with Crippen LogP contribution in [0.25, 0.3) is 0 Å². The van der Waals surface area contributed by atoms with Gasteiger partial charge in [0, 0.05) is 0 Å². The zero-order valence-electron chi connectivity index (χ0n) is 9.12. The monoisotopic (exact) mass is 210 g/mol. The molecule has 0 aromatic heterocycles. The summed E-state index contributed by atoms with van der Waals surface area (Å²) in [5.74, 6) is 0. The molecule has 0 atom stereocenters. The lowest BCUT2D eigenvalue weighted by molar-refractivity contribution is -0.216. The Morgan fingerprint density at radius 3 is 2.29 bits per heavy atom. The van der Waals surface area contributed by atoms with Gasteiger partial charge in [-0.15, -0.1) is 0 Å². The molecule has 1 aromatic rings. The van der Waals surface area contributed by atoms with E-state index in [1.54, 1.807) is 0 Å². The molecule has 1 aromatic carbocycles. The Hall–Kier alpha value is -0.643. The van der Waals surface area contributed by atoms with Gasteiger partial charge in [-0.05, 0) is 31.6 Å². The summed E-state index contributed by atoms with van der Waals surface area (Å²) in [7, 11) is -1.52. The smallest absolute Gasteiger partial charge is 0.230 e. The highest BCUT2D eigenvalue weighted by Crippen LogP contribution is 2.04. The van der Waals surface area contributed by atoms with E-state index in [1.807, 2.05) is 18.2 Å². The first-order valence-corrected chi connectivity index (χ1v) is 8.33. The molecule has 14 heavy (non-hydrogen) atoms. The van der Waals surface area contributed by atoms with Crippen molar-refractivity contribution in [2.75, 3.05) is 6.61 Å². The lowest BCUT2D eigenvalue weighted by Crippen LogP contribution is -2.25. The van der Waals surface area contributed by atoms with Crippen molar-refractivity contribution >= 4 is 8.32 Å². The predicted molar refractivity (Wildman–Crippen MR) is 60.5 cm³/mol. The third kappa shape index (κ3) is 5.17. The van der Waals surface area contributed by atoms with Gasteiger partial charge in [0.1, 0.15) is 0 Å². The van der Waals surface area contributed by atoms with Crippen molar-refractivity contribution < 1.29 is 9.46 Å². The molecule has 0 spiro atoms. The molecule has 3 heteroatoms. The largest absolute Gasteiger partial charge is 0.287 e. The van der Waals surface area contributed by atoms with Gasteiger partial charge in [-0.25, -0.2) is 4.89 Å². The second-order valence-corrected chi connectivity index (χ2v) is 8.64. The van der Waals surface area contributed by atoms with Gasteiger partial charge in [-0.1, -0.05) is 30.3 Å². The minimum Gasteiger partial charge on any atom is -0.287 e. The Morgan fingerprint density at radius 2 is 1.71 bits per heavy atom. The van der Waals surface area contributed by atoms with Gasteiger partial charge in [0.25, 0.3) is 0 Å². The second kappa shape index (κ2) is 5.29. The molecular weight excluding hydrogens is 192 g/mol. The lowest BCUT2D eigenvalue weighted by atomic mass is 10.2. The average molecular weight is 210 g/mol. The molecule has 0 bridgehead atoms. The molecule has 0 aliphatic carbocycles. The van der Waals surface area contributed by atoms with E-state index in [0.29, 0.717) is 6.61 Å². The highest BCUT2D eigenvalue weighted by Gasteiger charge is 2.15. The molecule has 0 saturated carbocycles. The van der Waals surface area contributed by atoms with Crippen LogP contribution in [-0.2, 0) is 15.9 Å². The van der Waals surface area contributed by atoms with Crippen LogP contribution in [0.2, 0.25) is 19.6 Å². The Kier molecular flexibility index (Phi) is 4.32. The fourth-order valence-electron chi connectivity index (χ4n) is 1.02. The van der Waals surface area contributed by atoms with Crippen LogP contribution in [0.3, 0.4) is 0 Å². The summed E-state index contributed by atoms with van der Waals surface area (Å²) >= 11 is 0. The summed E-state index contributed by atoms with van der Waals surface area (Å²) in [6.45, 7) is 6.95. The van der Waals surface area contributed by atoms with Crippen LogP contribution in [0, 0.1) is 0 Å². The van der Waals surface area contributed by atoms with Crippen molar-refractivity contribution in [3.63, 3.8) is 0 Å². The molecule has 0 N–H and O–H groups in total. The number of rotatable bonds is 5. The Balaban J connectivity index is 2.17. The predicted octanol–water partition coefficient (Wildman–Crippen LogP) is 3.01. The first-order valence-electron chi connectivity index (χ1n) is 4.92. The fraction of sp³-hybridized carbons (Fsp3) is 0.455. The maximum atomic E-state index is 5.29. The van der Waals surface area contributed by atoms with Crippen LogP contribution < -0.4 is 0 Å². The molecule has 0 aliphatic rings. The van der Waals surface area contributed by atoms with E-state index in [1.165, 1.54) is 5.56 Å². The standard InChI is InChI=1S/C11H18O2Si/c1-14(2,3)13-12-10-9-11-7-5-4-6-8-11/h4-8H,9-10H2,1-3H3. The van der Waals surface area contributed by atoms with Gasteiger partial charge in [-0.3, -0.25) is 4.58 Å². The Bertz CT molecular complexity index is 254. The van der Waals surface area contributed by atoms with Crippen LogP contribution in [0.1, 0.15) is 5.56 Å². The van der Waals surface area contributed by atoms with Crippen molar-refractivity contribution in [2.24, 2.45) is 0 Å². The second-order valence-electron chi connectivity index (χ2n) is 4.25. The molecule has 0 saturated heterocycles. The first-order chi connectivity index (χ1) is 6.58. The molecule has 78 valence electrons. The van der Waals surface area contributed by atoms with Crippen molar-refractivity contribution in [1.29, 1.82) is 0 Å². The van der Waals surface area contributed by atoms with E-state index < -0.39 is 8.32 Å². The highest BCUT2D eigenvalue weighted by molar-refractivity contribution is 6.69. The molecule has 0 radical (unpaired) electrons. The Morgan fingerprint density at radius 1 is 1.07 bits per heavy atom. The summed E-state index contributed by atoms with van der Waals surface area (Å²) in [6.07, 6.45) is 0.908. The van der Waals surface area contributed by atoms with Gasteiger partial charge >= 0.3 is 0 Å². The fourth-order valence-corrected chi connectivity index (χ4v) is 1.46. The normalized spacial score (nSPS) is 11.6. The lowest BCUT2D eigenvalue weighted by Gasteiger charge is -2.15. The summed E-state index contributed by atoms with van der Waals surface area (Å²) in [4.78, 5) is 5.16. The molecule has 2 nitrogen and oxygen atoms in total. The molecule has 1 rings (SSSR count). The molecule has 0 aliphatic heterocycles. The minimum absolute atomic E-state index is 0.633. The molecule has 0 unspecified atom stereocenters. The van der Waals surface area contributed by atoms with Crippen LogP contribution in [0.5, 0.6) is 0 Å². The van der Waals surface area contributed by atoms with E-state index in [9.17, 15) is 0 Å². The molecule has 0 heterocycles. The van der Waals surface area contributed by atoms with Crippen molar-refractivity contribution in [3.05, 3.63) is 35.9 Å². The van der Waals surface area contributed by atoms with E-state index >= 15 is 0 Å². The Labute approximate surface area is 86.9 Å². The van der Waals surface area contributed by atoms with Gasteiger partial charge < -0.3 is 0 Å². The van der Waals surface area contributed by atoms with Crippen molar-refractivity contribution in [2.45, 2.75) is 26.1 Å². The topological polar surface area (TPSA) is 18.5 Å². The minimum atomic E-state index is -1.52. The highest BCUT2D eigenvalue weighted by atomic mass is 28.4. The van der Waals surface area contributed by atoms with Gasteiger partial charge in [-0.2, -0.15) is 0 Å². The van der Waals surface area contributed by atoms with Crippen LogP contribution in [0.4, 0.5) is 0 Å². The first kappa shape index (κ1) is 11.4. The summed E-state index contributed by atoms with van der Waals surface area (Å²) < 4.78 is 5.29. The van der Waals surface area contributed by atoms with Crippen molar-refractivity contribution in [1.82, 2.24) is 0 Å². The van der Waals surface area contributed by atoms with Gasteiger partial charge in [0.2, 0.25) is 8.32 Å².